The van der Waals surface area contributed by atoms with E-state index in [4.69, 9.17) is 27.6 Å². The summed E-state index contributed by atoms with van der Waals surface area (Å²) >= 11 is 12.3. The molecule has 0 spiro atoms. The van der Waals surface area contributed by atoms with Crippen molar-refractivity contribution >= 4 is 58.2 Å². The monoisotopic (exact) mass is 494 g/mol. The molecule has 4 rings (SSSR count). The molecule has 5 nitrogen and oxygen atoms in total. The molecule has 0 bridgehead atoms. The number of hydrogen-bond donors (Lipinski definition) is 0. The van der Waals surface area contributed by atoms with Gasteiger partial charge in [-0.05, 0) is 54.8 Å². The van der Waals surface area contributed by atoms with Gasteiger partial charge in [0.25, 0.3) is 0 Å². The maximum absolute atomic E-state index is 12.7. The molecule has 0 N–H and O–H groups in total. The number of rotatable bonds is 5. The number of amides is 1. The normalized spacial score (nSPS) is 14.8. The standard InChI is InChI=1S/C24H24Cl2N2O3.ClH/c1-2-23(29)28(19-5-6-20(25)21(26)14-19)18-9-11-27(12-10-18)15-16-3-7-22-17(13-16)4-8-24(30)31-22;/h3-8,13-14,18H,2,9-12,15H2,1H3;1H. The first-order valence-corrected chi connectivity index (χ1v) is 11.2. The molecule has 32 heavy (non-hydrogen) atoms. The highest BCUT2D eigenvalue weighted by Crippen LogP contribution is 2.31. The third-order valence-electron chi connectivity index (χ3n) is 5.76. The lowest BCUT2D eigenvalue weighted by Crippen LogP contribution is -2.47. The van der Waals surface area contributed by atoms with E-state index in [-0.39, 0.29) is 30.0 Å². The molecule has 1 aliphatic heterocycles. The van der Waals surface area contributed by atoms with Gasteiger partial charge in [0.1, 0.15) is 5.58 Å². The van der Waals surface area contributed by atoms with Crippen LogP contribution in [0.5, 0.6) is 0 Å². The van der Waals surface area contributed by atoms with Crippen LogP contribution in [0.1, 0.15) is 31.7 Å². The fraction of sp³-hybridized carbons (Fsp3) is 0.333. The van der Waals surface area contributed by atoms with Gasteiger partial charge in [0, 0.05) is 49.2 Å². The van der Waals surface area contributed by atoms with Crippen LogP contribution in [0.15, 0.2) is 57.7 Å². The molecular weight excluding hydrogens is 471 g/mol. The maximum Gasteiger partial charge on any atom is 0.336 e. The number of anilines is 1. The lowest BCUT2D eigenvalue weighted by molar-refractivity contribution is -0.119. The average Bonchev–Trinajstić information content (AvgIpc) is 2.77. The van der Waals surface area contributed by atoms with Gasteiger partial charge in [0.15, 0.2) is 0 Å². The van der Waals surface area contributed by atoms with E-state index in [0.29, 0.717) is 22.0 Å². The number of carbonyl (C=O) groups excluding carboxylic acids is 1. The molecule has 3 aromatic rings. The van der Waals surface area contributed by atoms with Crippen LogP contribution in [0.25, 0.3) is 11.0 Å². The smallest absolute Gasteiger partial charge is 0.336 e. The first kappa shape index (κ1) is 24.6. The average molecular weight is 496 g/mol. The summed E-state index contributed by atoms with van der Waals surface area (Å²) in [4.78, 5) is 28.4. The van der Waals surface area contributed by atoms with E-state index >= 15 is 0 Å². The third kappa shape index (κ3) is 5.46. The molecule has 1 aromatic heterocycles. The van der Waals surface area contributed by atoms with Crippen LogP contribution in [0, 0.1) is 0 Å². The van der Waals surface area contributed by atoms with E-state index in [1.165, 1.54) is 11.6 Å². The van der Waals surface area contributed by atoms with Crippen LogP contribution in [-0.4, -0.2) is 29.9 Å². The van der Waals surface area contributed by atoms with E-state index in [9.17, 15) is 9.59 Å². The lowest BCUT2D eigenvalue weighted by Gasteiger charge is -2.38. The number of piperidine rings is 1. The zero-order chi connectivity index (χ0) is 22.0. The second-order valence-corrected chi connectivity index (χ2v) is 8.66. The summed E-state index contributed by atoms with van der Waals surface area (Å²) in [6, 6.07) is 14.7. The molecule has 170 valence electrons. The number of carbonyl (C=O) groups is 1. The Balaban J connectivity index is 0.00000289. The summed E-state index contributed by atoms with van der Waals surface area (Å²) in [6.07, 6.45) is 2.20. The summed E-state index contributed by atoms with van der Waals surface area (Å²) in [5, 5.41) is 1.86. The molecule has 0 aliphatic carbocycles. The molecule has 0 saturated carbocycles. The lowest BCUT2D eigenvalue weighted by atomic mass is 10.0. The summed E-state index contributed by atoms with van der Waals surface area (Å²) in [7, 11) is 0. The number of halogens is 3. The third-order valence-corrected chi connectivity index (χ3v) is 6.50. The zero-order valence-corrected chi connectivity index (χ0v) is 20.1. The SMILES string of the molecule is CCC(=O)N(c1ccc(Cl)c(Cl)c1)C1CCN(Cc2ccc3oc(=O)ccc3c2)CC1.Cl. The number of benzene rings is 2. The van der Waals surface area contributed by atoms with Gasteiger partial charge in [0.05, 0.1) is 10.0 Å². The van der Waals surface area contributed by atoms with Crippen LogP contribution in [0.3, 0.4) is 0 Å². The Bertz CT molecular complexity index is 1160. The van der Waals surface area contributed by atoms with Gasteiger partial charge in [-0.1, -0.05) is 36.2 Å². The van der Waals surface area contributed by atoms with Crippen molar-refractivity contribution in [2.75, 3.05) is 18.0 Å². The number of hydrogen-bond acceptors (Lipinski definition) is 4. The summed E-state index contributed by atoms with van der Waals surface area (Å²) in [5.74, 6) is 0.0906. The molecule has 1 aliphatic rings. The van der Waals surface area contributed by atoms with Crippen LogP contribution in [0.2, 0.25) is 10.0 Å². The van der Waals surface area contributed by atoms with E-state index in [0.717, 1.165) is 43.5 Å². The Hall–Kier alpha value is -2.05. The maximum atomic E-state index is 12.7. The number of likely N-dealkylation sites (tertiary alicyclic amines) is 1. The number of nitrogens with zero attached hydrogens (tertiary/aromatic N) is 2. The quantitative estimate of drug-likeness (QED) is 0.412. The zero-order valence-electron chi connectivity index (χ0n) is 17.7. The van der Waals surface area contributed by atoms with Crippen molar-refractivity contribution in [1.82, 2.24) is 4.90 Å². The molecule has 0 radical (unpaired) electrons. The van der Waals surface area contributed by atoms with Crippen molar-refractivity contribution in [3.63, 3.8) is 0 Å². The minimum absolute atomic E-state index is 0. The van der Waals surface area contributed by atoms with Crippen LogP contribution >= 0.6 is 35.6 Å². The molecule has 8 heteroatoms. The van der Waals surface area contributed by atoms with Crippen molar-refractivity contribution in [3.8, 4) is 0 Å². The van der Waals surface area contributed by atoms with Crippen molar-refractivity contribution in [2.45, 2.75) is 38.8 Å². The molecule has 0 unspecified atom stereocenters. The van der Waals surface area contributed by atoms with Crippen LogP contribution in [0.4, 0.5) is 5.69 Å². The van der Waals surface area contributed by atoms with Gasteiger partial charge in [-0.3, -0.25) is 9.69 Å². The predicted molar refractivity (Wildman–Crippen MR) is 132 cm³/mol. The first-order valence-electron chi connectivity index (χ1n) is 10.5. The van der Waals surface area contributed by atoms with Gasteiger partial charge in [-0.2, -0.15) is 0 Å². The molecule has 1 saturated heterocycles. The Labute approximate surface area is 203 Å². The van der Waals surface area contributed by atoms with E-state index in [2.05, 4.69) is 11.0 Å². The minimum Gasteiger partial charge on any atom is -0.423 e. The van der Waals surface area contributed by atoms with Crippen molar-refractivity contribution in [3.05, 3.63) is 74.6 Å². The van der Waals surface area contributed by atoms with Gasteiger partial charge in [-0.15, -0.1) is 12.4 Å². The molecule has 0 atom stereocenters. The van der Waals surface area contributed by atoms with Crippen LogP contribution < -0.4 is 10.5 Å². The summed E-state index contributed by atoms with van der Waals surface area (Å²) in [5.41, 5.74) is 2.24. The predicted octanol–water partition coefficient (Wildman–Crippen LogP) is 5.93. The van der Waals surface area contributed by atoms with Crippen molar-refractivity contribution in [1.29, 1.82) is 0 Å². The Kier molecular flexibility index (Phi) is 8.23. The van der Waals surface area contributed by atoms with Gasteiger partial charge >= 0.3 is 5.63 Å². The molecule has 1 amide bonds. The van der Waals surface area contributed by atoms with E-state index < -0.39 is 0 Å². The van der Waals surface area contributed by atoms with E-state index in [1.807, 2.05) is 30.0 Å². The largest absolute Gasteiger partial charge is 0.423 e. The van der Waals surface area contributed by atoms with Gasteiger partial charge in [-0.25, -0.2) is 4.79 Å². The fourth-order valence-corrected chi connectivity index (χ4v) is 4.47. The molecule has 1 fully saturated rings. The highest BCUT2D eigenvalue weighted by atomic mass is 35.5. The van der Waals surface area contributed by atoms with Gasteiger partial charge < -0.3 is 9.32 Å². The second kappa shape index (κ2) is 10.7. The second-order valence-electron chi connectivity index (χ2n) is 7.85. The topological polar surface area (TPSA) is 53.8 Å². The van der Waals surface area contributed by atoms with Crippen molar-refractivity contribution < 1.29 is 9.21 Å². The Morgan fingerprint density at radius 2 is 1.81 bits per heavy atom. The van der Waals surface area contributed by atoms with Crippen LogP contribution in [-0.2, 0) is 11.3 Å². The summed E-state index contributed by atoms with van der Waals surface area (Å²) < 4.78 is 5.21. The number of fused-ring (bicyclic) bond motifs is 1. The van der Waals surface area contributed by atoms with Gasteiger partial charge in [0.2, 0.25) is 5.91 Å². The molecular formula is C24H25Cl3N2O3. The Morgan fingerprint density at radius 1 is 1.06 bits per heavy atom. The fourth-order valence-electron chi connectivity index (χ4n) is 4.18. The first-order chi connectivity index (χ1) is 14.9. The highest BCUT2D eigenvalue weighted by Gasteiger charge is 2.28. The molecule has 2 heterocycles. The Morgan fingerprint density at radius 3 is 2.50 bits per heavy atom. The summed E-state index contributed by atoms with van der Waals surface area (Å²) in [6.45, 7) is 4.48. The molecule has 2 aromatic carbocycles. The highest BCUT2D eigenvalue weighted by molar-refractivity contribution is 6.42. The minimum atomic E-state index is -0.338. The van der Waals surface area contributed by atoms with Crippen molar-refractivity contribution in [2.24, 2.45) is 0 Å². The van der Waals surface area contributed by atoms with E-state index in [1.54, 1.807) is 18.2 Å².